The highest BCUT2D eigenvalue weighted by Crippen LogP contribution is 2.41. The van der Waals surface area contributed by atoms with E-state index in [1.807, 2.05) is 0 Å². The predicted molar refractivity (Wildman–Crippen MR) is 91.0 cm³/mol. The lowest BCUT2D eigenvalue weighted by molar-refractivity contribution is -0.301. The summed E-state index contributed by atoms with van der Waals surface area (Å²) in [6.07, 6.45) is 1.67. The average molecular weight is 364 g/mol. The van der Waals surface area contributed by atoms with Crippen molar-refractivity contribution in [3.8, 4) is 28.6 Å². The fourth-order valence-corrected chi connectivity index (χ4v) is 2.90. The van der Waals surface area contributed by atoms with E-state index in [1.165, 1.54) is 21.3 Å². The number of thioether (sulfide) groups is 1. The smallest absolute Gasteiger partial charge is 0.203 e. The third-order valence-corrected chi connectivity index (χ3v) is 4.21. The van der Waals surface area contributed by atoms with Crippen molar-refractivity contribution in [2.24, 2.45) is 0 Å². The van der Waals surface area contributed by atoms with E-state index in [-0.39, 0.29) is 5.75 Å². The fraction of sp³-hybridized carbons (Fsp3) is 0.312. The van der Waals surface area contributed by atoms with Gasteiger partial charge in [-0.15, -0.1) is 16.8 Å². The number of rotatable bonds is 9. The number of carboxylic acid groups (broad SMARTS) is 1. The zero-order valence-electron chi connectivity index (χ0n) is 14.1. The van der Waals surface area contributed by atoms with E-state index in [0.29, 0.717) is 40.3 Å². The molecule has 0 unspecified atom stereocenters. The minimum Gasteiger partial charge on any atom is -0.549 e. The van der Waals surface area contributed by atoms with E-state index in [4.69, 9.17) is 14.2 Å². The first-order valence-corrected chi connectivity index (χ1v) is 8.21. The zero-order chi connectivity index (χ0) is 18.4. The lowest BCUT2D eigenvalue weighted by Crippen LogP contribution is -2.24. The largest absolute Gasteiger partial charge is 0.549 e. The van der Waals surface area contributed by atoms with Crippen LogP contribution in [0.5, 0.6) is 17.2 Å². The summed E-state index contributed by atoms with van der Waals surface area (Å²) in [5.41, 5.74) is 0.684. The summed E-state index contributed by atoms with van der Waals surface area (Å²) in [4.78, 5) is 10.7. The molecule has 2 rings (SSSR count). The molecular formula is C16H18N3O5S-. The Morgan fingerprint density at radius 1 is 1.24 bits per heavy atom. The van der Waals surface area contributed by atoms with Crippen LogP contribution in [-0.4, -0.2) is 47.8 Å². The molecule has 0 saturated heterocycles. The second kappa shape index (κ2) is 8.43. The molecule has 8 nitrogen and oxygen atoms in total. The zero-order valence-corrected chi connectivity index (χ0v) is 15.0. The van der Waals surface area contributed by atoms with Crippen LogP contribution in [-0.2, 0) is 11.3 Å². The SMILES string of the molecule is C=CCn1c(SCC(=O)[O-])nnc1-c1cc(OC)c(OC)c(OC)c1. The van der Waals surface area contributed by atoms with Crippen LogP contribution in [0.15, 0.2) is 29.9 Å². The van der Waals surface area contributed by atoms with Gasteiger partial charge in [0.05, 0.1) is 27.3 Å². The number of ether oxygens (including phenoxy) is 3. The number of hydrogen-bond acceptors (Lipinski definition) is 8. The van der Waals surface area contributed by atoms with Gasteiger partial charge in [0.15, 0.2) is 22.5 Å². The number of hydrogen-bond donors (Lipinski definition) is 0. The summed E-state index contributed by atoms with van der Waals surface area (Å²) in [7, 11) is 4.57. The lowest BCUT2D eigenvalue weighted by atomic mass is 10.1. The summed E-state index contributed by atoms with van der Waals surface area (Å²) in [6, 6.07) is 3.50. The molecular weight excluding hydrogens is 346 g/mol. The molecule has 1 aromatic heterocycles. The number of aliphatic carboxylic acids is 1. The molecule has 25 heavy (non-hydrogen) atoms. The summed E-state index contributed by atoms with van der Waals surface area (Å²) in [5.74, 6) is 0.565. The third-order valence-electron chi connectivity index (χ3n) is 3.27. The first-order chi connectivity index (χ1) is 12.0. The van der Waals surface area contributed by atoms with Gasteiger partial charge in [0.1, 0.15) is 0 Å². The predicted octanol–water partition coefficient (Wildman–Crippen LogP) is 0.999. The molecule has 1 heterocycles. The average Bonchev–Trinajstić information content (AvgIpc) is 3.01. The molecule has 0 N–H and O–H groups in total. The number of carbonyl (C=O) groups is 1. The van der Waals surface area contributed by atoms with Crippen molar-refractivity contribution in [1.29, 1.82) is 0 Å². The van der Waals surface area contributed by atoms with Gasteiger partial charge in [0, 0.05) is 17.9 Å². The molecule has 0 saturated carbocycles. The molecule has 0 aliphatic carbocycles. The van der Waals surface area contributed by atoms with E-state index < -0.39 is 5.97 Å². The Morgan fingerprint density at radius 3 is 2.36 bits per heavy atom. The van der Waals surface area contributed by atoms with Crippen LogP contribution in [0, 0.1) is 0 Å². The van der Waals surface area contributed by atoms with Crippen molar-refractivity contribution in [2.45, 2.75) is 11.7 Å². The number of carbonyl (C=O) groups excluding carboxylic acids is 1. The van der Waals surface area contributed by atoms with E-state index in [1.54, 1.807) is 22.8 Å². The number of carboxylic acids is 1. The molecule has 0 fully saturated rings. The fourth-order valence-electron chi connectivity index (χ4n) is 2.24. The minimum atomic E-state index is -1.17. The van der Waals surface area contributed by atoms with E-state index >= 15 is 0 Å². The van der Waals surface area contributed by atoms with Gasteiger partial charge < -0.3 is 24.1 Å². The summed E-state index contributed by atoms with van der Waals surface area (Å²) >= 11 is 1.03. The topological polar surface area (TPSA) is 98.5 Å². The normalized spacial score (nSPS) is 10.4. The summed E-state index contributed by atoms with van der Waals surface area (Å²) < 4.78 is 17.8. The first kappa shape index (κ1) is 18.7. The molecule has 134 valence electrons. The number of methoxy groups -OCH3 is 3. The molecule has 0 atom stereocenters. The molecule has 0 bridgehead atoms. The Morgan fingerprint density at radius 2 is 1.88 bits per heavy atom. The number of nitrogens with zero attached hydrogens (tertiary/aromatic N) is 3. The van der Waals surface area contributed by atoms with Gasteiger partial charge in [0.2, 0.25) is 5.75 Å². The molecule has 2 aromatic rings. The maximum Gasteiger partial charge on any atom is 0.203 e. The second-order valence-electron chi connectivity index (χ2n) is 4.78. The van der Waals surface area contributed by atoms with E-state index in [9.17, 15) is 9.90 Å². The van der Waals surface area contributed by atoms with Gasteiger partial charge in [-0.1, -0.05) is 17.8 Å². The van der Waals surface area contributed by atoms with Gasteiger partial charge >= 0.3 is 0 Å². The van der Waals surface area contributed by atoms with Gasteiger partial charge in [-0.2, -0.15) is 0 Å². The Bertz CT molecular complexity index is 750. The van der Waals surface area contributed by atoms with Gasteiger partial charge in [0.25, 0.3) is 0 Å². The van der Waals surface area contributed by atoms with Gasteiger partial charge in [-0.05, 0) is 12.1 Å². The standard InChI is InChI=1S/C16H19N3O5S/c1-5-6-19-15(17-18-16(19)25-9-13(20)21)10-7-11(22-2)14(24-4)12(8-10)23-3/h5,7-8H,1,6,9H2,2-4H3,(H,20,21)/p-1. The van der Waals surface area contributed by atoms with Crippen LogP contribution in [0.2, 0.25) is 0 Å². The lowest BCUT2D eigenvalue weighted by Gasteiger charge is -2.14. The van der Waals surface area contributed by atoms with Crippen molar-refractivity contribution in [2.75, 3.05) is 27.1 Å². The van der Waals surface area contributed by atoms with Crippen molar-refractivity contribution in [3.63, 3.8) is 0 Å². The molecule has 9 heteroatoms. The quantitative estimate of drug-likeness (QED) is 0.480. The molecule has 0 amide bonds. The van der Waals surface area contributed by atoms with Crippen LogP contribution >= 0.6 is 11.8 Å². The summed E-state index contributed by atoms with van der Waals surface area (Å²) in [5, 5.41) is 19.4. The summed E-state index contributed by atoms with van der Waals surface area (Å²) in [6.45, 7) is 4.13. The maximum absolute atomic E-state index is 10.7. The minimum absolute atomic E-state index is 0.218. The molecule has 0 aliphatic heterocycles. The van der Waals surface area contributed by atoms with Crippen molar-refractivity contribution in [3.05, 3.63) is 24.8 Å². The van der Waals surface area contributed by atoms with Crippen molar-refractivity contribution < 1.29 is 24.1 Å². The monoisotopic (exact) mass is 364 g/mol. The first-order valence-electron chi connectivity index (χ1n) is 7.22. The van der Waals surface area contributed by atoms with Crippen LogP contribution in [0.4, 0.5) is 0 Å². The van der Waals surface area contributed by atoms with Crippen LogP contribution in [0.3, 0.4) is 0 Å². The van der Waals surface area contributed by atoms with Gasteiger partial charge in [-0.3, -0.25) is 4.57 Å². The Kier molecular flexibility index (Phi) is 6.29. The number of allylic oxidation sites excluding steroid dienone is 1. The van der Waals surface area contributed by atoms with Crippen LogP contribution in [0.25, 0.3) is 11.4 Å². The maximum atomic E-state index is 10.7. The van der Waals surface area contributed by atoms with E-state index in [0.717, 1.165) is 11.8 Å². The highest BCUT2D eigenvalue weighted by molar-refractivity contribution is 7.99. The molecule has 0 radical (unpaired) electrons. The highest BCUT2D eigenvalue weighted by Gasteiger charge is 2.19. The van der Waals surface area contributed by atoms with Gasteiger partial charge in [-0.25, -0.2) is 0 Å². The van der Waals surface area contributed by atoms with Crippen LogP contribution < -0.4 is 19.3 Å². The van der Waals surface area contributed by atoms with E-state index in [2.05, 4.69) is 16.8 Å². The Hall–Kier alpha value is -2.68. The molecule has 1 aromatic carbocycles. The Balaban J connectivity index is 2.53. The molecule has 0 spiro atoms. The number of aromatic nitrogens is 3. The van der Waals surface area contributed by atoms with Crippen molar-refractivity contribution >= 4 is 17.7 Å². The second-order valence-corrected chi connectivity index (χ2v) is 5.72. The third kappa shape index (κ3) is 4.05. The van der Waals surface area contributed by atoms with Crippen molar-refractivity contribution in [1.82, 2.24) is 14.8 Å². The highest BCUT2D eigenvalue weighted by atomic mass is 32.2. The Labute approximate surface area is 149 Å². The van der Waals surface area contributed by atoms with Crippen LogP contribution in [0.1, 0.15) is 0 Å². The molecule has 0 aliphatic rings. The number of benzene rings is 1.